The summed E-state index contributed by atoms with van der Waals surface area (Å²) in [6, 6.07) is 15.3. The zero-order valence-corrected chi connectivity index (χ0v) is 19.3. The molecule has 33 heavy (non-hydrogen) atoms. The second-order valence-corrected chi connectivity index (χ2v) is 9.72. The largest absolute Gasteiger partial charge is 0.353 e. The third kappa shape index (κ3) is 4.61. The van der Waals surface area contributed by atoms with E-state index in [-0.39, 0.29) is 17.6 Å². The smallest absolute Gasteiger partial charge is 0.223 e. The van der Waals surface area contributed by atoms with Gasteiger partial charge in [-0.1, -0.05) is 50.1 Å². The number of carbonyl (C=O) groups is 1. The zero-order valence-electron chi connectivity index (χ0n) is 19.3. The van der Waals surface area contributed by atoms with Crippen LogP contribution in [-0.2, 0) is 11.3 Å². The standard InChI is InChI=1S/C27H33FN4O/c1-19-8-2-5-11-23(19)29-26(33)20-14-16-31(17-15-20)27-30-24-12-6-7-13-25(24)32(27)18-21-9-3-4-10-22(21)28/h3-4,6-7,9-10,12-13,19-20,23H,2,5,8,11,14-18H2,1H3,(H,29,33)/t19-,23+/m1/s1. The van der Waals surface area contributed by atoms with Gasteiger partial charge in [0.1, 0.15) is 5.82 Å². The Hall–Kier alpha value is -2.89. The van der Waals surface area contributed by atoms with Crippen LogP contribution in [0.25, 0.3) is 11.0 Å². The van der Waals surface area contributed by atoms with E-state index in [1.54, 1.807) is 6.07 Å². The van der Waals surface area contributed by atoms with Gasteiger partial charge in [-0.3, -0.25) is 4.79 Å². The van der Waals surface area contributed by atoms with Gasteiger partial charge in [0.15, 0.2) is 0 Å². The second-order valence-electron chi connectivity index (χ2n) is 9.72. The van der Waals surface area contributed by atoms with Crippen molar-refractivity contribution in [3.8, 4) is 0 Å². The number of hydrogen-bond donors (Lipinski definition) is 1. The van der Waals surface area contributed by atoms with E-state index in [1.165, 1.54) is 25.3 Å². The Bertz CT molecular complexity index is 1120. The van der Waals surface area contributed by atoms with Crippen molar-refractivity contribution in [1.29, 1.82) is 0 Å². The van der Waals surface area contributed by atoms with Crippen LogP contribution in [0, 0.1) is 17.7 Å². The first-order valence-corrected chi connectivity index (χ1v) is 12.3. The molecule has 5 rings (SSSR count). The number of nitrogens with zero attached hydrogens (tertiary/aromatic N) is 3. The van der Waals surface area contributed by atoms with Crippen molar-refractivity contribution in [2.45, 2.75) is 58.0 Å². The maximum Gasteiger partial charge on any atom is 0.223 e. The normalized spacial score (nSPS) is 21.9. The molecule has 1 saturated carbocycles. The predicted molar refractivity (Wildman–Crippen MR) is 130 cm³/mol. The average molecular weight is 449 g/mol. The first-order valence-electron chi connectivity index (χ1n) is 12.3. The first-order chi connectivity index (χ1) is 16.1. The molecule has 0 unspecified atom stereocenters. The van der Waals surface area contributed by atoms with Crippen LogP contribution >= 0.6 is 0 Å². The first kappa shape index (κ1) is 21.9. The molecule has 1 aliphatic carbocycles. The molecule has 2 aliphatic rings. The molecule has 1 aromatic heterocycles. The van der Waals surface area contributed by atoms with E-state index >= 15 is 0 Å². The summed E-state index contributed by atoms with van der Waals surface area (Å²) in [6.45, 7) is 4.24. The third-order valence-electron chi connectivity index (χ3n) is 7.51. The Morgan fingerprint density at radius 3 is 2.55 bits per heavy atom. The Balaban J connectivity index is 1.31. The summed E-state index contributed by atoms with van der Waals surface area (Å²) in [6.07, 6.45) is 6.44. The summed E-state index contributed by atoms with van der Waals surface area (Å²) in [4.78, 5) is 20.1. The molecule has 2 aromatic carbocycles. The molecule has 1 amide bonds. The molecule has 1 N–H and O–H groups in total. The number of aromatic nitrogens is 2. The van der Waals surface area contributed by atoms with Gasteiger partial charge in [0, 0.05) is 30.6 Å². The van der Waals surface area contributed by atoms with Crippen LogP contribution in [-0.4, -0.2) is 34.6 Å². The average Bonchev–Trinajstić information content (AvgIpc) is 3.20. The van der Waals surface area contributed by atoms with E-state index in [9.17, 15) is 9.18 Å². The molecule has 2 heterocycles. The number of hydrogen-bond acceptors (Lipinski definition) is 3. The SMILES string of the molecule is C[C@@H]1CCCC[C@@H]1NC(=O)C1CCN(c2nc3ccccc3n2Cc2ccccc2F)CC1. The number of para-hydroxylation sites is 2. The molecule has 0 bridgehead atoms. The van der Waals surface area contributed by atoms with Gasteiger partial charge in [-0.05, 0) is 49.8 Å². The number of halogens is 1. The fourth-order valence-electron chi connectivity index (χ4n) is 5.43. The lowest BCUT2D eigenvalue weighted by Crippen LogP contribution is -2.47. The Morgan fingerprint density at radius 1 is 1.03 bits per heavy atom. The number of imidazole rings is 1. The summed E-state index contributed by atoms with van der Waals surface area (Å²) in [5.41, 5.74) is 2.56. The number of nitrogens with one attached hydrogen (secondary N) is 1. The van der Waals surface area contributed by atoms with Crippen molar-refractivity contribution in [1.82, 2.24) is 14.9 Å². The quantitative estimate of drug-likeness (QED) is 0.588. The molecular formula is C27H33FN4O. The van der Waals surface area contributed by atoms with Crippen LogP contribution in [0.5, 0.6) is 0 Å². The fraction of sp³-hybridized carbons (Fsp3) is 0.481. The van der Waals surface area contributed by atoms with Gasteiger partial charge in [0.2, 0.25) is 11.9 Å². The number of carbonyl (C=O) groups excluding carboxylic acids is 1. The highest BCUT2D eigenvalue weighted by molar-refractivity contribution is 5.80. The molecule has 2 atom stereocenters. The summed E-state index contributed by atoms with van der Waals surface area (Å²) in [7, 11) is 0. The highest BCUT2D eigenvalue weighted by atomic mass is 19.1. The summed E-state index contributed by atoms with van der Waals surface area (Å²) in [5.74, 6) is 1.50. The molecule has 0 spiro atoms. The van der Waals surface area contributed by atoms with Crippen LogP contribution in [0.1, 0.15) is 51.0 Å². The minimum atomic E-state index is -0.200. The van der Waals surface area contributed by atoms with E-state index in [4.69, 9.17) is 4.98 Å². The van der Waals surface area contributed by atoms with Gasteiger partial charge in [-0.15, -0.1) is 0 Å². The molecular weight excluding hydrogens is 415 g/mol. The second kappa shape index (κ2) is 9.54. The number of piperidine rings is 1. The van der Waals surface area contributed by atoms with E-state index in [0.29, 0.717) is 24.1 Å². The van der Waals surface area contributed by atoms with Gasteiger partial charge in [-0.2, -0.15) is 0 Å². The molecule has 6 heteroatoms. The number of anilines is 1. The van der Waals surface area contributed by atoms with Crippen LogP contribution in [0.3, 0.4) is 0 Å². The molecule has 2 fully saturated rings. The molecule has 3 aromatic rings. The van der Waals surface area contributed by atoms with Crippen LogP contribution in [0.15, 0.2) is 48.5 Å². The summed E-state index contributed by atoms with van der Waals surface area (Å²) in [5, 5.41) is 3.34. The van der Waals surface area contributed by atoms with Crippen LogP contribution < -0.4 is 10.2 Å². The van der Waals surface area contributed by atoms with E-state index in [2.05, 4.69) is 21.7 Å². The van der Waals surface area contributed by atoms with E-state index in [0.717, 1.165) is 49.3 Å². The van der Waals surface area contributed by atoms with Crippen LogP contribution in [0.2, 0.25) is 0 Å². The van der Waals surface area contributed by atoms with Gasteiger partial charge < -0.3 is 14.8 Å². The fourth-order valence-corrected chi connectivity index (χ4v) is 5.43. The molecule has 0 radical (unpaired) electrons. The third-order valence-corrected chi connectivity index (χ3v) is 7.51. The van der Waals surface area contributed by atoms with Crippen molar-refractivity contribution in [2.75, 3.05) is 18.0 Å². The van der Waals surface area contributed by atoms with Gasteiger partial charge >= 0.3 is 0 Å². The maximum absolute atomic E-state index is 14.4. The number of benzene rings is 2. The van der Waals surface area contributed by atoms with Crippen molar-refractivity contribution in [2.24, 2.45) is 11.8 Å². The van der Waals surface area contributed by atoms with Crippen molar-refractivity contribution in [3.63, 3.8) is 0 Å². The monoisotopic (exact) mass is 448 g/mol. The van der Waals surface area contributed by atoms with Crippen molar-refractivity contribution < 1.29 is 9.18 Å². The number of fused-ring (bicyclic) bond motifs is 1. The Labute approximate surface area is 195 Å². The predicted octanol–water partition coefficient (Wildman–Crippen LogP) is 5.14. The zero-order chi connectivity index (χ0) is 22.8. The van der Waals surface area contributed by atoms with E-state index < -0.39 is 0 Å². The van der Waals surface area contributed by atoms with Gasteiger partial charge in [0.05, 0.1) is 17.6 Å². The van der Waals surface area contributed by atoms with Gasteiger partial charge in [0.25, 0.3) is 0 Å². The van der Waals surface area contributed by atoms with Gasteiger partial charge in [-0.25, -0.2) is 9.37 Å². The van der Waals surface area contributed by atoms with Crippen molar-refractivity contribution >= 4 is 22.9 Å². The highest BCUT2D eigenvalue weighted by Crippen LogP contribution is 2.29. The Kier molecular flexibility index (Phi) is 6.34. The highest BCUT2D eigenvalue weighted by Gasteiger charge is 2.30. The Morgan fingerprint density at radius 2 is 1.76 bits per heavy atom. The van der Waals surface area contributed by atoms with Crippen molar-refractivity contribution in [3.05, 3.63) is 59.9 Å². The molecule has 1 saturated heterocycles. The molecule has 5 nitrogen and oxygen atoms in total. The van der Waals surface area contributed by atoms with Crippen LogP contribution in [0.4, 0.5) is 10.3 Å². The lowest BCUT2D eigenvalue weighted by atomic mass is 9.85. The maximum atomic E-state index is 14.4. The summed E-state index contributed by atoms with van der Waals surface area (Å²) >= 11 is 0. The minimum Gasteiger partial charge on any atom is -0.353 e. The minimum absolute atomic E-state index is 0.0553. The lowest BCUT2D eigenvalue weighted by Gasteiger charge is -2.35. The molecule has 174 valence electrons. The molecule has 1 aliphatic heterocycles. The lowest BCUT2D eigenvalue weighted by molar-refractivity contribution is -0.126. The summed E-state index contributed by atoms with van der Waals surface area (Å²) < 4.78 is 16.5. The topological polar surface area (TPSA) is 50.2 Å². The number of rotatable bonds is 5. The van der Waals surface area contributed by atoms with E-state index in [1.807, 2.05) is 36.4 Å². The number of amides is 1.